The van der Waals surface area contributed by atoms with Crippen LogP contribution in [-0.4, -0.2) is 62.1 Å². The smallest absolute Gasteiger partial charge is 0.239 e. The Morgan fingerprint density at radius 1 is 1.35 bits per heavy atom. The zero-order valence-electron chi connectivity index (χ0n) is 12.3. The summed E-state index contributed by atoms with van der Waals surface area (Å²) in [5.41, 5.74) is 0. The number of halogens is 1. The number of nitrogens with zero attached hydrogens (tertiary/aromatic N) is 1. The van der Waals surface area contributed by atoms with Crippen LogP contribution in [0.15, 0.2) is 0 Å². The lowest BCUT2D eigenvalue weighted by molar-refractivity contribution is -0.131. The Balaban J connectivity index is 0.00000361. The maximum absolute atomic E-state index is 11.7. The number of hydrogen-bond acceptors (Lipinski definition) is 4. The largest absolute Gasteiger partial charge is 0.378 e. The molecule has 2 amide bonds. The van der Waals surface area contributed by atoms with Crippen molar-refractivity contribution in [3.8, 4) is 0 Å². The minimum Gasteiger partial charge on any atom is -0.378 e. The van der Waals surface area contributed by atoms with E-state index in [2.05, 4.69) is 10.6 Å². The van der Waals surface area contributed by atoms with Crippen LogP contribution in [0.1, 0.15) is 26.7 Å². The summed E-state index contributed by atoms with van der Waals surface area (Å²) in [4.78, 5) is 25.3. The number of ether oxygens (including phenoxy) is 1. The maximum Gasteiger partial charge on any atom is 0.239 e. The second-order valence-corrected chi connectivity index (χ2v) is 4.54. The number of hydrogen-bond donors (Lipinski definition) is 2. The summed E-state index contributed by atoms with van der Waals surface area (Å²) in [6, 6.07) is -0.257. The molecule has 1 atom stereocenters. The number of rotatable bonds is 7. The van der Waals surface area contributed by atoms with E-state index in [1.165, 1.54) is 0 Å². The third kappa shape index (κ3) is 6.54. The summed E-state index contributed by atoms with van der Waals surface area (Å²) in [5.74, 6) is 0.105. The lowest BCUT2D eigenvalue weighted by Crippen LogP contribution is -2.51. The highest BCUT2D eigenvalue weighted by atomic mass is 35.5. The quantitative estimate of drug-likeness (QED) is 0.658. The van der Waals surface area contributed by atoms with E-state index in [0.717, 1.165) is 13.1 Å². The summed E-state index contributed by atoms with van der Waals surface area (Å²) in [7, 11) is 0. The zero-order valence-corrected chi connectivity index (χ0v) is 13.1. The third-order valence-corrected chi connectivity index (χ3v) is 3.22. The predicted octanol–water partition coefficient (Wildman–Crippen LogP) is 0.161. The molecule has 0 radical (unpaired) electrons. The first-order chi connectivity index (χ1) is 9.19. The van der Waals surface area contributed by atoms with Crippen LogP contribution >= 0.6 is 12.4 Å². The molecule has 2 N–H and O–H groups in total. The summed E-state index contributed by atoms with van der Waals surface area (Å²) in [6.07, 6.45) is 1.16. The van der Waals surface area contributed by atoms with Gasteiger partial charge < -0.3 is 20.3 Å². The van der Waals surface area contributed by atoms with E-state index in [-0.39, 0.29) is 30.3 Å². The molecule has 0 bridgehead atoms. The Labute approximate surface area is 127 Å². The van der Waals surface area contributed by atoms with Crippen LogP contribution in [-0.2, 0) is 14.3 Å². The van der Waals surface area contributed by atoms with Crippen LogP contribution in [0.3, 0.4) is 0 Å². The highest BCUT2D eigenvalue weighted by molar-refractivity contribution is 5.85. The molecule has 0 spiro atoms. The minimum absolute atomic E-state index is 0. The van der Waals surface area contributed by atoms with Gasteiger partial charge in [-0.3, -0.25) is 9.59 Å². The molecular weight excluding hydrogens is 282 g/mol. The molecule has 7 heteroatoms. The zero-order chi connectivity index (χ0) is 14.1. The molecule has 1 aliphatic heterocycles. The summed E-state index contributed by atoms with van der Waals surface area (Å²) in [5, 5.41) is 5.92. The van der Waals surface area contributed by atoms with Gasteiger partial charge in [0.15, 0.2) is 0 Å². The van der Waals surface area contributed by atoms with E-state index in [4.69, 9.17) is 4.74 Å². The molecule has 1 fully saturated rings. The van der Waals surface area contributed by atoms with Crippen molar-refractivity contribution in [2.24, 2.45) is 0 Å². The molecule has 0 saturated carbocycles. The molecule has 1 heterocycles. The van der Waals surface area contributed by atoms with Gasteiger partial charge in [0, 0.05) is 32.6 Å². The Morgan fingerprint density at radius 2 is 2.05 bits per heavy atom. The van der Waals surface area contributed by atoms with Crippen LogP contribution in [0.25, 0.3) is 0 Å². The SMILES string of the molecule is CCN(CC)C(=O)CCCNC(=O)C1COCCN1.Cl. The average Bonchev–Trinajstić information content (AvgIpc) is 2.45. The van der Waals surface area contributed by atoms with Crippen molar-refractivity contribution in [1.29, 1.82) is 0 Å². The van der Waals surface area contributed by atoms with Gasteiger partial charge in [-0.05, 0) is 20.3 Å². The van der Waals surface area contributed by atoms with Crippen molar-refractivity contribution in [1.82, 2.24) is 15.5 Å². The van der Waals surface area contributed by atoms with Gasteiger partial charge in [-0.2, -0.15) is 0 Å². The standard InChI is InChI=1S/C13H25N3O3.ClH/c1-3-16(4-2)12(17)6-5-7-15-13(18)11-10-19-9-8-14-11;/h11,14H,3-10H2,1-2H3,(H,15,18);1H. The summed E-state index contributed by atoms with van der Waals surface area (Å²) in [6.45, 7) is 7.74. The van der Waals surface area contributed by atoms with Crippen LogP contribution in [0.4, 0.5) is 0 Å². The summed E-state index contributed by atoms with van der Waals surface area (Å²) < 4.78 is 5.22. The van der Waals surface area contributed by atoms with Crippen LogP contribution in [0.2, 0.25) is 0 Å². The summed E-state index contributed by atoms with van der Waals surface area (Å²) >= 11 is 0. The average molecular weight is 308 g/mol. The van der Waals surface area contributed by atoms with E-state index in [9.17, 15) is 9.59 Å². The molecule has 1 unspecified atom stereocenters. The van der Waals surface area contributed by atoms with Gasteiger partial charge in [0.05, 0.1) is 13.2 Å². The van der Waals surface area contributed by atoms with Crippen LogP contribution in [0.5, 0.6) is 0 Å². The number of carbonyl (C=O) groups is 2. The highest BCUT2D eigenvalue weighted by Gasteiger charge is 2.20. The van der Waals surface area contributed by atoms with Gasteiger partial charge in [0.1, 0.15) is 6.04 Å². The normalized spacial score (nSPS) is 18.0. The number of morpholine rings is 1. The molecule has 0 aliphatic carbocycles. The van der Waals surface area contributed by atoms with Gasteiger partial charge in [0.25, 0.3) is 0 Å². The van der Waals surface area contributed by atoms with Crippen molar-refractivity contribution in [2.45, 2.75) is 32.7 Å². The van der Waals surface area contributed by atoms with E-state index in [1.807, 2.05) is 13.8 Å². The third-order valence-electron chi connectivity index (χ3n) is 3.22. The van der Waals surface area contributed by atoms with Crippen molar-refractivity contribution >= 4 is 24.2 Å². The fourth-order valence-electron chi connectivity index (χ4n) is 2.04. The Bertz CT molecular complexity index is 293. The maximum atomic E-state index is 11.7. The van der Waals surface area contributed by atoms with E-state index in [1.54, 1.807) is 4.90 Å². The van der Waals surface area contributed by atoms with E-state index >= 15 is 0 Å². The first-order valence-electron chi connectivity index (χ1n) is 7.05. The molecule has 20 heavy (non-hydrogen) atoms. The second kappa shape index (κ2) is 10.9. The first kappa shape index (κ1) is 19.1. The minimum atomic E-state index is -0.257. The molecular formula is C13H26ClN3O3. The molecule has 0 aromatic rings. The fraction of sp³-hybridized carbons (Fsp3) is 0.846. The van der Waals surface area contributed by atoms with Crippen molar-refractivity contribution in [3.63, 3.8) is 0 Å². The van der Waals surface area contributed by atoms with E-state index in [0.29, 0.717) is 39.1 Å². The molecule has 1 saturated heterocycles. The molecule has 1 rings (SSSR count). The van der Waals surface area contributed by atoms with Gasteiger partial charge >= 0.3 is 0 Å². The first-order valence-corrected chi connectivity index (χ1v) is 7.05. The molecule has 1 aliphatic rings. The number of nitrogens with one attached hydrogen (secondary N) is 2. The fourth-order valence-corrected chi connectivity index (χ4v) is 2.04. The number of carbonyl (C=O) groups excluding carboxylic acids is 2. The van der Waals surface area contributed by atoms with Crippen LogP contribution < -0.4 is 10.6 Å². The lowest BCUT2D eigenvalue weighted by Gasteiger charge is -2.23. The molecule has 6 nitrogen and oxygen atoms in total. The molecule has 0 aromatic heterocycles. The van der Waals surface area contributed by atoms with Gasteiger partial charge in [-0.25, -0.2) is 0 Å². The monoisotopic (exact) mass is 307 g/mol. The molecule has 0 aromatic carbocycles. The molecule has 118 valence electrons. The topological polar surface area (TPSA) is 70.7 Å². The Morgan fingerprint density at radius 3 is 2.60 bits per heavy atom. The van der Waals surface area contributed by atoms with Gasteiger partial charge in [-0.1, -0.05) is 0 Å². The van der Waals surface area contributed by atoms with Gasteiger partial charge in [0.2, 0.25) is 11.8 Å². The van der Waals surface area contributed by atoms with Crippen molar-refractivity contribution < 1.29 is 14.3 Å². The predicted molar refractivity (Wildman–Crippen MR) is 80.0 cm³/mol. The van der Waals surface area contributed by atoms with E-state index < -0.39 is 0 Å². The van der Waals surface area contributed by atoms with Crippen LogP contribution in [0, 0.1) is 0 Å². The van der Waals surface area contributed by atoms with Crippen molar-refractivity contribution in [2.75, 3.05) is 39.4 Å². The van der Waals surface area contributed by atoms with Gasteiger partial charge in [-0.15, -0.1) is 12.4 Å². The van der Waals surface area contributed by atoms with Crippen molar-refractivity contribution in [3.05, 3.63) is 0 Å². The lowest BCUT2D eigenvalue weighted by atomic mass is 10.2. The Kier molecular flexibility index (Phi) is 10.4. The number of amides is 2. The highest BCUT2D eigenvalue weighted by Crippen LogP contribution is 1.98. The Hall–Kier alpha value is -0.850. The second-order valence-electron chi connectivity index (χ2n) is 4.54.